The number of hydrogen-bond acceptors (Lipinski definition) is 5. The van der Waals surface area contributed by atoms with Crippen molar-refractivity contribution in [3.8, 4) is 0 Å². The van der Waals surface area contributed by atoms with Crippen molar-refractivity contribution >= 4 is 46.8 Å². The third kappa shape index (κ3) is 11.4. The number of rotatable bonds is 14. The van der Waals surface area contributed by atoms with Crippen LogP contribution in [0.2, 0.25) is 0 Å². The Bertz CT molecular complexity index is 700. The number of carbonyl (C=O) groups excluding carboxylic acids is 2. The molecule has 9 nitrogen and oxygen atoms in total. The predicted molar refractivity (Wildman–Crippen MR) is 115 cm³/mol. The summed E-state index contributed by atoms with van der Waals surface area (Å²) in [5, 5.41) is 25.6. The molecule has 0 unspecified atom stereocenters. The summed E-state index contributed by atoms with van der Waals surface area (Å²) in [6.07, 6.45) is 1.92. The van der Waals surface area contributed by atoms with E-state index in [-0.39, 0.29) is 12.8 Å². The SMILES string of the molecule is O=C[C@H](CCCCNCc1cccc(I)c1)NC(=O)N[C@@H](CCC(=O)O)C(=O)O. The molecule has 0 saturated carbocycles. The zero-order valence-corrected chi connectivity index (χ0v) is 18.1. The number of amides is 2. The maximum Gasteiger partial charge on any atom is 0.326 e. The van der Waals surface area contributed by atoms with Gasteiger partial charge in [-0.05, 0) is 72.5 Å². The minimum Gasteiger partial charge on any atom is -0.481 e. The van der Waals surface area contributed by atoms with Crippen LogP contribution in [-0.4, -0.2) is 53.1 Å². The number of carboxylic acids is 2. The fourth-order valence-corrected chi connectivity index (χ4v) is 3.17. The van der Waals surface area contributed by atoms with Crippen LogP contribution in [0.3, 0.4) is 0 Å². The van der Waals surface area contributed by atoms with Crippen molar-refractivity contribution < 1.29 is 29.4 Å². The molecule has 0 saturated heterocycles. The molecule has 0 aliphatic carbocycles. The van der Waals surface area contributed by atoms with Crippen LogP contribution in [0.1, 0.15) is 37.7 Å². The van der Waals surface area contributed by atoms with Gasteiger partial charge in [0.1, 0.15) is 12.3 Å². The summed E-state index contributed by atoms with van der Waals surface area (Å²) in [6.45, 7) is 1.51. The van der Waals surface area contributed by atoms with Gasteiger partial charge < -0.3 is 31.0 Å². The van der Waals surface area contributed by atoms with Crippen molar-refractivity contribution in [1.82, 2.24) is 16.0 Å². The highest BCUT2D eigenvalue weighted by atomic mass is 127. The number of hydrogen-bond donors (Lipinski definition) is 5. The van der Waals surface area contributed by atoms with Crippen LogP contribution in [0.4, 0.5) is 4.79 Å². The Morgan fingerprint density at radius 3 is 2.48 bits per heavy atom. The van der Waals surface area contributed by atoms with E-state index in [0.29, 0.717) is 19.1 Å². The van der Waals surface area contributed by atoms with E-state index in [1.807, 2.05) is 18.2 Å². The van der Waals surface area contributed by atoms with E-state index in [1.165, 1.54) is 9.13 Å². The van der Waals surface area contributed by atoms with Crippen LogP contribution >= 0.6 is 22.6 Å². The van der Waals surface area contributed by atoms with E-state index in [1.54, 1.807) is 0 Å². The van der Waals surface area contributed by atoms with Crippen LogP contribution < -0.4 is 16.0 Å². The van der Waals surface area contributed by atoms with Crippen LogP contribution in [0, 0.1) is 3.57 Å². The molecule has 0 bridgehead atoms. The van der Waals surface area contributed by atoms with Crippen molar-refractivity contribution in [3.63, 3.8) is 0 Å². The maximum absolute atomic E-state index is 11.9. The summed E-state index contributed by atoms with van der Waals surface area (Å²) in [5.74, 6) is -2.48. The van der Waals surface area contributed by atoms with E-state index in [9.17, 15) is 19.2 Å². The fourth-order valence-electron chi connectivity index (χ4n) is 2.56. The van der Waals surface area contributed by atoms with Crippen LogP contribution in [-0.2, 0) is 20.9 Å². The van der Waals surface area contributed by atoms with Gasteiger partial charge in [-0.3, -0.25) is 4.79 Å². The second kappa shape index (κ2) is 13.9. The number of halogens is 1. The van der Waals surface area contributed by atoms with Crippen LogP contribution in [0.15, 0.2) is 24.3 Å². The molecular weight excluding hydrogens is 493 g/mol. The van der Waals surface area contributed by atoms with Crippen molar-refractivity contribution in [2.24, 2.45) is 0 Å². The second-order valence-electron chi connectivity index (χ2n) is 6.49. The number of aldehydes is 1. The number of unbranched alkanes of at least 4 members (excludes halogenated alkanes) is 1. The number of carbonyl (C=O) groups is 4. The monoisotopic (exact) mass is 519 g/mol. The third-order valence-corrected chi connectivity index (χ3v) is 4.74. The number of urea groups is 1. The maximum atomic E-state index is 11.9. The molecule has 0 aromatic heterocycles. The summed E-state index contributed by atoms with van der Waals surface area (Å²) >= 11 is 2.26. The van der Waals surface area contributed by atoms with Crippen molar-refractivity contribution in [1.29, 1.82) is 0 Å². The van der Waals surface area contributed by atoms with Gasteiger partial charge in [-0.15, -0.1) is 0 Å². The van der Waals surface area contributed by atoms with Gasteiger partial charge in [-0.25, -0.2) is 9.59 Å². The summed E-state index contributed by atoms with van der Waals surface area (Å²) in [6, 6.07) is 5.29. The Labute approximate surface area is 182 Å². The average molecular weight is 519 g/mol. The molecule has 160 valence electrons. The molecule has 1 aromatic carbocycles. The number of aliphatic carboxylic acids is 2. The summed E-state index contributed by atoms with van der Waals surface area (Å²) < 4.78 is 1.17. The van der Waals surface area contributed by atoms with Crippen molar-refractivity contribution in [2.75, 3.05) is 6.54 Å². The van der Waals surface area contributed by atoms with Gasteiger partial charge in [-0.1, -0.05) is 12.1 Å². The number of benzene rings is 1. The molecule has 0 heterocycles. The van der Waals surface area contributed by atoms with Crippen LogP contribution in [0.25, 0.3) is 0 Å². The lowest BCUT2D eigenvalue weighted by Gasteiger charge is -2.17. The summed E-state index contributed by atoms with van der Waals surface area (Å²) in [7, 11) is 0. The Balaban J connectivity index is 2.26. The van der Waals surface area contributed by atoms with E-state index in [4.69, 9.17) is 10.2 Å². The molecule has 0 radical (unpaired) electrons. The minimum absolute atomic E-state index is 0.240. The molecule has 0 fully saturated rings. The smallest absolute Gasteiger partial charge is 0.326 e. The third-order valence-electron chi connectivity index (χ3n) is 4.07. The Hall–Kier alpha value is -2.21. The lowest BCUT2D eigenvalue weighted by Crippen LogP contribution is -2.49. The molecule has 5 N–H and O–H groups in total. The van der Waals surface area contributed by atoms with E-state index < -0.39 is 30.1 Å². The Morgan fingerprint density at radius 2 is 1.86 bits per heavy atom. The molecule has 0 spiro atoms. The van der Waals surface area contributed by atoms with Crippen LogP contribution in [0.5, 0.6) is 0 Å². The Morgan fingerprint density at radius 1 is 1.10 bits per heavy atom. The van der Waals surface area contributed by atoms with E-state index in [2.05, 4.69) is 44.6 Å². The van der Waals surface area contributed by atoms with Gasteiger partial charge in [0.15, 0.2) is 0 Å². The van der Waals surface area contributed by atoms with E-state index >= 15 is 0 Å². The molecule has 29 heavy (non-hydrogen) atoms. The van der Waals surface area contributed by atoms with Gasteiger partial charge in [0.25, 0.3) is 0 Å². The second-order valence-corrected chi connectivity index (χ2v) is 7.73. The van der Waals surface area contributed by atoms with Gasteiger partial charge in [0, 0.05) is 16.5 Å². The molecule has 1 aromatic rings. The first-order valence-corrected chi connectivity index (χ1v) is 10.3. The fraction of sp³-hybridized carbons (Fsp3) is 0.474. The molecule has 2 atom stereocenters. The highest BCUT2D eigenvalue weighted by Gasteiger charge is 2.22. The predicted octanol–water partition coefficient (Wildman–Crippen LogP) is 1.74. The molecule has 10 heteroatoms. The minimum atomic E-state index is -1.33. The lowest BCUT2D eigenvalue weighted by molar-refractivity contribution is -0.140. The van der Waals surface area contributed by atoms with Crippen molar-refractivity contribution in [2.45, 2.75) is 50.7 Å². The first-order valence-electron chi connectivity index (χ1n) is 9.24. The van der Waals surface area contributed by atoms with Crippen molar-refractivity contribution in [3.05, 3.63) is 33.4 Å². The molecule has 0 aliphatic heterocycles. The van der Waals surface area contributed by atoms with Gasteiger partial charge in [0.2, 0.25) is 0 Å². The normalized spacial score (nSPS) is 12.6. The zero-order chi connectivity index (χ0) is 21.6. The first-order chi connectivity index (χ1) is 13.8. The summed E-state index contributed by atoms with van der Waals surface area (Å²) in [5.41, 5.74) is 1.19. The molecular formula is C19H26IN3O6. The summed E-state index contributed by atoms with van der Waals surface area (Å²) in [4.78, 5) is 44.7. The average Bonchev–Trinajstić information content (AvgIpc) is 2.66. The topological polar surface area (TPSA) is 145 Å². The highest BCUT2D eigenvalue weighted by Crippen LogP contribution is 2.07. The van der Waals surface area contributed by atoms with E-state index in [0.717, 1.165) is 19.5 Å². The standard InChI is InChI=1S/C19H26IN3O6/c20-14-5-3-4-13(10-14)11-21-9-2-1-6-15(12-24)22-19(29)23-16(18(27)28)7-8-17(25)26/h3-5,10,12,15-16,21H,1-2,6-9,11H2,(H,25,26)(H,27,28)(H2,22,23,29)/t15-,16-/m0/s1. The van der Waals surface area contributed by atoms with Gasteiger partial charge >= 0.3 is 18.0 Å². The molecule has 0 aliphatic rings. The highest BCUT2D eigenvalue weighted by molar-refractivity contribution is 14.1. The molecule has 2 amide bonds. The van der Waals surface area contributed by atoms with Gasteiger partial charge in [-0.2, -0.15) is 0 Å². The Kier molecular flexibility index (Phi) is 11.9. The van der Waals surface area contributed by atoms with Gasteiger partial charge in [0.05, 0.1) is 6.04 Å². The first kappa shape index (κ1) is 24.8. The quantitative estimate of drug-likeness (QED) is 0.143. The zero-order valence-electron chi connectivity index (χ0n) is 15.9. The largest absolute Gasteiger partial charge is 0.481 e. The lowest BCUT2D eigenvalue weighted by atomic mass is 10.1. The molecule has 1 rings (SSSR count). The number of nitrogens with one attached hydrogen (secondary N) is 3. The number of carboxylic acid groups (broad SMARTS) is 2.